The van der Waals surface area contributed by atoms with Crippen LogP contribution in [0.5, 0.6) is 0 Å². The van der Waals surface area contributed by atoms with E-state index in [0.29, 0.717) is 29.1 Å². The van der Waals surface area contributed by atoms with Crippen LogP contribution >= 0.6 is 0 Å². The van der Waals surface area contributed by atoms with Crippen LogP contribution in [-0.2, 0) is 6.54 Å². The van der Waals surface area contributed by atoms with Crippen molar-refractivity contribution < 1.29 is 14.1 Å². The molecule has 0 radical (unpaired) electrons. The summed E-state index contributed by atoms with van der Waals surface area (Å²) in [6, 6.07) is 12.3. The van der Waals surface area contributed by atoms with Crippen LogP contribution in [0, 0.1) is 0 Å². The molecule has 4 aromatic rings. The predicted molar refractivity (Wildman–Crippen MR) is 116 cm³/mol. The first kappa shape index (κ1) is 20.2. The number of amides is 2. The maximum atomic E-state index is 12.6. The molecule has 2 amide bonds. The van der Waals surface area contributed by atoms with Gasteiger partial charge in [0.2, 0.25) is 0 Å². The molecule has 0 unspecified atom stereocenters. The first-order chi connectivity index (χ1) is 15.0. The molecule has 0 aliphatic heterocycles. The number of nitrogens with one attached hydrogen (secondary N) is 2. The Hall–Kier alpha value is -4.07. The molecule has 0 aliphatic carbocycles. The zero-order chi connectivity index (χ0) is 21.8. The summed E-state index contributed by atoms with van der Waals surface area (Å²) < 4.78 is 5.22. The van der Waals surface area contributed by atoms with Crippen molar-refractivity contribution in [3.63, 3.8) is 0 Å². The summed E-state index contributed by atoms with van der Waals surface area (Å²) >= 11 is 0. The highest BCUT2D eigenvalue weighted by Crippen LogP contribution is 2.24. The summed E-state index contributed by atoms with van der Waals surface area (Å²) in [6.45, 7) is 4.36. The molecule has 0 saturated heterocycles. The number of pyridine rings is 2. The fourth-order valence-electron chi connectivity index (χ4n) is 3.09. The number of carbonyl (C=O) groups excluding carboxylic acids is 2. The molecule has 0 saturated carbocycles. The molecule has 8 heteroatoms. The van der Waals surface area contributed by atoms with Crippen molar-refractivity contribution in [2.45, 2.75) is 26.3 Å². The van der Waals surface area contributed by atoms with Crippen molar-refractivity contribution in [3.05, 3.63) is 83.4 Å². The highest BCUT2D eigenvalue weighted by Gasteiger charge is 2.15. The van der Waals surface area contributed by atoms with Crippen LogP contribution in [0.1, 0.15) is 51.7 Å². The van der Waals surface area contributed by atoms with E-state index in [-0.39, 0.29) is 17.7 Å². The lowest BCUT2D eigenvalue weighted by molar-refractivity contribution is 0.0950. The highest BCUT2D eigenvalue weighted by atomic mass is 16.5. The van der Waals surface area contributed by atoms with Gasteiger partial charge in [-0.05, 0) is 41.8 Å². The third kappa shape index (κ3) is 4.58. The molecule has 4 rings (SSSR count). The normalized spacial score (nSPS) is 10.9. The summed E-state index contributed by atoms with van der Waals surface area (Å²) in [5, 5.41) is 10.5. The summed E-state index contributed by atoms with van der Waals surface area (Å²) in [5.41, 5.74) is 3.74. The van der Waals surface area contributed by atoms with Gasteiger partial charge < -0.3 is 15.2 Å². The van der Waals surface area contributed by atoms with E-state index in [2.05, 4.69) is 25.8 Å². The molecule has 0 atom stereocenters. The Balaban J connectivity index is 1.38. The van der Waals surface area contributed by atoms with E-state index >= 15 is 0 Å². The number of rotatable bonds is 6. The SMILES string of the molecule is CC(C)c1noc2ncc(C(=O)NCc3ccc(NC(=O)c4ccncc4)cc3)cc12. The molecule has 156 valence electrons. The van der Waals surface area contributed by atoms with Crippen molar-refractivity contribution in [2.24, 2.45) is 0 Å². The van der Waals surface area contributed by atoms with Crippen LogP contribution in [-0.4, -0.2) is 26.9 Å². The summed E-state index contributed by atoms with van der Waals surface area (Å²) in [5.74, 6) is -0.278. The summed E-state index contributed by atoms with van der Waals surface area (Å²) in [6.07, 6.45) is 4.62. The third-order valence-electron chi connectivity index (χ3n) is 4.77. The summed E-state index contributed by atoms with van der Waals surface area (Å²) in [4.78, 5) is 32.9. The monoisotopic (exact) mass is 415 g/mol. The van der Waals surface area contributed by atoms with Gasteiger partial charge in [0.15, 0.2) is 0 Å². The minimum Gasteiger partial charge on any atom is -0.348 e. The Kier molecular flexibility index (Phi) is 5.70. The second kappa shape index (κ2) is 8.74. The highest BCUT2D eigenvalue weighted by molar-refractivity contribution is 6.04. The van der Waals surface area contributed by atoms with Crippen molar-refractivity contribution in [2.75, 3.05) is 5.32 Å². The van der Waals surface area contributed by atoms with E-state index in [4.69, 9.17) is 4.52 Å². The van der Waals surface area contributed by atoms with Crippen LogP contribution in [0.4, 0.5) is 5.69 Å². The lowest BCUT2D eigenvalue weighted by atomic mass is 10.1. The van der Waals surface area contributed by atoms with Crippen LogP contribution in [0.15, 0.2) is 65.6 Å². The molecule has 0 aliphatic rings. The Morgan fingerprint density at radius 1 is 1.00 bits per heavy atom. The standard InChI is InChI=1S/C23H21N5O3/c1-14(2)20-19-11-17(13-26-23(19)31-28-20)21(29)25-12-15-3-5-18(6-4-15)27-22(30)16-7-9-24-10-8-16/h3-11,13-14H,12H2,1-2H3,(H,25,29)(H,27,30). The molecule has 3 heterocycles. The van der Waals surface area contributed by atoms with Gasteiger partial charge in [-0.3, -0.25) is 14.6 Å². The van der Waals surface area contributed by atoms with Gasteiger partial charge in [0, 0.05) is 36.4 Å². The van der Waals surface area contributed by atoms with Gasteiger partial charge in [-0.1, -0.05) is 31.1 Å². The number of hydrogen-bond donors (Lipinski definition) is 2. The molecule has 8 nitrogen and oxygen atoms in total. The van der Waals surface area contributed by atoms with Crippen LogP contribution in [0.3, 0.4) is 0 Å². The van der Waals surface area contributed by atoms with Gasteiger partial charge in [0.25, 0.3) is 17.5 Å². The Bertz CT molecular complexity index is 1220. The Labute approximate surface area is 178 Å². The lowest BCUT2D eigenvalue weighted by Gasteiger charge is -2.08. The first-order valence-electron chi connectivity index (χ1n) is 9.85. The molecule has 0 fully saturated rings. The van der Waals surface area contributed by atoms with Crippen molar-refractivity contribution >= 4 is 28.6 Å². The zero-order valence-corrected chi connectivity index (χ0v) is 17.1. The quantitative estimate of drug-likeness (QED) is 0.494. The molecule has 0 bridgehead atoms. The number of fused-ring (bicyclic) bond motifs is 1. The van der Waals surface area contributed by atoms with Crippen LogP contribution in [0.2, 0.25) is 0 Å². The first-order valence-corrected chi connectivity index (χ1v) is 9.85. The molecule has 2 N–H and O–H groups in total. The van der Waals surface area contributed by atoms with Crippen molar-refractivity contribution in [3.8, 4) is 0 Å². The van der Waals surface area contributed by atoms with Gasteiger partial charge in [-0.2, -0.15) is 0 Å². The minimum absolute atomic E-state index is 0.166. The van der Waals surface area contributed by atoms with E-state index in [1.807, 2.05) is 26.0 Å². The van der Waals surface area contributed by atoms with E-state index in [0.717, 1.165) is 16.6 Å². The van der Waals surface area contributed by atoms with Crippen LogP contribution in [0.25, 0.3) is 11.1 Å². The molecule has 31 heavy (non-hydrogen) atoms. The number of anilines is 1. The number of aromatic nitrogens is 3. The fourth-order valence-corrected chi connectivity index (χ4v) is 3.09. The van der Waals surface area contributed by atoms with Crippen molar-refractivity contribution in [1.82, 2.24) is 20.4 Å². The fraction of sp³-hybridized carbons (Fsp3) is 0.174. The molecular weight excluding hydrogens is 394 g/mol. The van der Waals surface area contributed by atoms with Crippen molar-refractivity contribution in [1.29, 1.82) is 0 Å². The molecule has 3 aromatic heterocycles. The van der Waals surface area contributed by atoms with E-state index in [1.165, 1.54) is 6.20 Å². The molecule has 1 aromatic carbocycles. The second-order valence-electron chi connectivity index (χ2n) is 7.37. The van der Waals surface area contributed by atoms with Gasteiger partial charge in [-0.15, -0.1) is 0 Å². The van der Waals surface area contributed by atoms with Gasteiger partial charge >= 0.3 is 0 Å². The second-order valence-corrected chi connectivity index (χ2v) is 7.37. The van der Waals surface area contributed by atoms with Gasteiger partial charge in [-0.25, -0.2) is 4.98 Å². The van der Waals surface area contributed by atoms with Gasteiger partial charge in [0.1, 0.15) is 0 Å². The number of carbonyl (C=O) groups is 2. The van der Waals surface area contributed by atoms with E-state index in [1.54, 1.807) is 42.7 Å². The van der Waals surface area contributed by atoms with E-state index in [9.17, 15) is 9.59 Å². The average molecular weight is 415 g/mol. The lowest BCUT2D eigenvalue weighted by Crippen LogP contribution is -2.23. The summed E-state index contributed by atoms with van der Waals surface area (Å²) in [7, 11) is 0. The average Bonchev–Trinajstić information content (AvgIpc) is 3.22. The Morgan fingerprint density at radius 2 is 1.74 bits per heavy atom. The Morgan fingerprint density at radius 3 is 2.45 bits per heavy atom. The number of hydrogen-bond acceptors (Lipinski definition) is 6. The number of nitrogens with zero attached hydrogens (tertiary/aromatic N) is 3. The maximum Gasteiger partial charge on any atom is 0.257 e. The molecular formula is C23H21N5O3. The van der Waals surface area contributed by atoms with Gasteiger partial charge in [0.05, 0.1) is 16.6 Å². The maximum absolute atomic E-state index is 12.6. The number of benzene rings is 1. The topological polar surface area (TPSA) is 110 Å². The molecule has 0 spiro atoms. The largest absolute Gasteiger partial charge is 0.348 e. The van der Waals surface area contributed by atoms with E-state index < -0.39 is 0 Å². The van der Waals surface area contributed by atoms with Crippen LogP contribution < -0.4 is 10.6 Å². The predicted octanol–water partition coefficient (Wildman–Crippen LogP) is 3.92. The minimum atomic E-state index is -0.236. The zero-order valence-electron chi connectivity index (χ0n) is 17.1. The smallest absolute Gasteiger partial charge is 0.257 e. The third-order valence-corrected chi connectivity index (χ3v) is 4.77.